The van der Waals surface area contributed by atoms with E-state index in [1.807, 2.05) is 30.3 Å². The Morgan fingerprint density at radius 3 is 2.67 bits per heavy atom. The van der Waals surface area contributed by atoms with E-state index in [0.29, 0.717) is 16.0 Å². The Hall–Kier alpha value is -2.21. The van der Waals surface area contributed by atoms with Crippen molar-refractivity contribution in [3.05, 3.63) is 52.1 Å². The summed E-state index contributed by atoms with van der Waals surface area (Å²) >= 11 is 3.33. The summed E-state index contributed by atoms with van der Waals surface area (Å²) < 4.78 is 5.78. The molecule has 2 aromatic rings. The number of amides is 1. The van der Waals surface area contributed by atoms with Crippen molar-refractivity contribution in [3.63, 3.8) is 0 Å². The maximum Gasteiger partial charge on any atom is 0.250 e. The van der Waals surface area contributed by atoms with Gasteiger partial charge in [0.15, 0.2) is 0 Å². The van der Waals surface area contributed by atoms with Crippen LogP contribution in [0.4, 0.5) is 5.95 Å². The number of rotatable bonds is 4. The number of anilines is 1. The number of ether oxygens (including phenoxy) is 1. The van der Waals surface area contributed by atoms with E-state index in [9.17, 15) is 4.79 Å². The summed E-state index contributed by atoms with van der Waals surface area (Å²) in [4.78, 5) is 20.1. The fourth-order valence-corrected chi connectivity index (χ4v) is 1.95. The van der Waals surface area contributed by atoms with Crippen molar-refractivity contribution in [1.29, 1.82) is 0 Å². The highest BCUT2D eigenvalue weighted by atomic mass is 79.9. The summed E-state index contributed by atoms with van der Waals surface area (Å²) in [6.07, 6.45) is 3.15. The maximum atomic E-state index is 11.9. The van der Waals surface area contributed by atoms with E-state index in [1.54, 1.807) is 13.0 Å². The minimum Gasteiger partial charge on any atom is -0.480 e. The Morgan fingerprint density at radius 1 is 1.29 bits per heavy atom. The largest absolute Gasteiger partial charge is 0.480 e. The van der Waals surface area contributed by atoms with E-state index in [2.05, 4.69) is 31.2 Å². The average Bonchev–Trinajstić information content (AvgIpc) is 2.49. The summed E-state index contributed by atoms with van der Waals surface area (Å²) in [5, 5.41) is 2.61. The number of halogens is 1. The first kappa shape index (κ1) is 15.2. The number of hydrogen-bond acceptors (Lipinski definition) is 4. The van der Waals surface area contributed by atoms with Crippen LogP contribution in [0.25, 0.3) is 6.08 Å². The molecule has 2 rings (SSSR count). The SMILES string of the molecule is COc1nc(NC(=O)C=Cc2ccccc2)nc(C)c1Br. The summed E-state index contributed by atoms with van der Waals surface area (Å²) in [7, 11) is 1.51. The summed E-state index contributed by atoms with van der Waals surface area (Å²) in [6.45, 7) is 1.80. The zero-order valence-corrected chi connectivity index (χ0v) is 13.2. The molecule has 0 fully saturated rings. The van der Waals surface area contributed by atoms with Crippen molar-refractivity contribution in [1.82, 2.24) is 9.97 Å². The van der Waals surface area contributed by atoms with Gasteiger partial charge in [-0.25, -0.2) is 4.98 Å². The van der Waals surface area contributed by atoms with Gasteiger partial charge in [0.1, 0.15) is 4.47 Å². The van der Waals surface area contributed by atoms with Gasteiger partial charge in [-0.1, -0.05) is 30.3 Å². The molecule has 1 aromatic heterocycles. The van der Waals surface area contributed by atoms with E-state index in [1.165, 1.54) is 13.2 Å². The van der Waals surface area contributed by atoms with Gasteiger partial charge >= 0.3 is 0 Å². The molecular formula is C15H14BrN3O2. The first-order chi connectivity index (χ1) is 10.1. The molecule has 108 valence electrons. The molecule has 1 N–H and O–H groups in total. The van der Waals surface area contributed by atoms with E-state index in [0.717, 1.165) is 5.56 Å². The molecule has 0 saturated heterocycles. The molecule has 5 nitrogen and oxygen atoms in total. The lowest BCUT2D eigenvalue weighted by molar-refractivity contribution is -0.111. The molecule has 0 atom stereocenters. The summed E-state index contributed by atoms with van der Waals surface area (Å²) in [5.41, 5.74) is 1.63. The fraction of sp³-hybridized carbons (Fsp3) is 0.133. The van der Waals surface area contributed by atoms with Gasteiger partial charge in [-0.3, -0.25) is 10.1 Å². The van der Waals surface area contributed by atoms with Crippen molar-refractivity contribution in [2.45, 2.75) is 6.92 Å². The molecule has 0 radical (unpaired) electrons. The molecule has 1 aromatic carbocycles. The molecule has 0 saturated carbocycles. The molecule has 0 bridgehead atoms. The van der Waals surface area contributed by atoms with Crippen LogP contribution in [0.15, 0.2) is 40.9 Å². The third-order valence-corrected chi connectivity index (χ3v) is 3.55. The average molecular weight is 348 g/mol. The van der Waals surface area contributed by atoms with E-state index >= 15 is 0 Å². The van der Waals surface area contributed by atoms with Crippen LogP contribution in [0.2, 0.25) is 0 Å². The highest BCUT2D eigenvalue weighted by Crippen LogP contribution is 2.25. The standard InChI is InChI=1S/C15H14BrN3O2/c1-10-13(16)14(21-2)19-15(17-10)18-12(20)9-8-11-6-4-3-5-7-11/h3-9H,1-2H3,(H,17,18,19,20). The number of nitrogens with zero attached hydrogens (tertiary/aromatic N) is 2. The lowest BCUT2D eigenvalue weighted by Crippen LogP contribution is -2.12. The second kappa shape index (κ2) is 6.99. The van der Waals surface area contributed by atoms with Crippen LogP contribution < -0.4 is 10.1 Å². The number of methoxy groups -OCH3 is 1. The van der Waals surface area contributed by atoms with Gasteiger partial charge in [0.25, 0.3) is 5.91 Å². The number of aromatic nitrogens is 2. The van der Waals surface area contributed by atoms with Crippen LogP contribution in [-0.2, 0) is 4.79 Å². The van der Waals surface area contributed by atoms with Gasteiger partial charge in [-0.15, -0.1) is 0 Å². The third-order valence-electron chi connectivity index (χ3n) is 2.64. The minimum atomic E-state index is -0.303. The Bertz CT molecular complexity index is 672. The monoisotopic (exact) mass is 347 g/mol. The number of benzene rings is 1. The summed E-state index contributed by atoms with van der Waals surface area (Å²) in [5.74, 6) is 0.280. The molecule has 0 aliphatic rings. The van der Waals surface area contributed by atoms with Crippen molar-refractivity contribution < 1.29 is 9.53 Å². The maximum absolute atomic E-state index is 11.9. The van der Waals surface area contributed by atoms with Gasteiger partial charge in [0, 0.05) is 6.08 Å². The molecule has 6 heteroatoms. The number of carbonyl (C=O) groups is 1. The van der Waals surface area contributed by atoms with Gasteiger partial charge in [-0.05, 0) is 34.5 Å². The summed E-state index contributed by atoms with van der Waals surface area (Å²) in [6, 6.07) is 9.55. The molecule has 0 spiro atoms. The fourth-order valence-electron chi connectivity index (χ4n) is 1.61. The molecule has 1 heterocycles. The number of carbonyl (C=O) groups excluding carboxylic acids is 1. The Balaban J connectivity index is 2.10. The lowest BCUT2D eigenvalue weighted by atomic mass is 10.2. The second-order valence-electron chi connectivity index (χ2n) is 4.19. The van der Waals surface area contributed by atoms with Gasteiger partial charge in [-0.2, -0.15) is 4.98 Å². The molecule has 0 aliphatic carbocycles. The molecule has 0 unspecified atom stereocenters. The molecule has 1 amide bonds. The van der Waals surface area contributed by atoms with E-state index in [-0.39, 0.29) is 11.9 Å². The zero-order chi connectivity index (χ0) is 15.2. The molecule has 0 aliphatic heterocycles. The highest BCUT2D eigenvalue weighted by Gasteiger charge is 2.10. The van der Waals surface area contributed by atoms with Gasteiger partial charge in [0.05, 0.1) is 12.8 Å². The highest BCUT2D eigenvalue weighted by molar-refractivity contribution is 9.10. The Morgan fingerprint density at radius 2 is 2.00 bits per heavy atom. The predicted molar refractivity (Wildman–Crippen MR) is 85.1 cm³/mol. The second-order valence-corrected chi connectivity index (χ2v) is 4.98. The normalized spacial score (nSPS) is 10.6. The minimum absolute atomic E-state index is 0.204. The van der Waals surface area contributed by atoms with E-state index in [4.69, 9.17) is 4.74 Å². The Labute approximate surface area is 131 Å². The third kappa shape index (κ3) is 4.13. The smallest absolute Gasteiger partial charge is 0.250 e. The number of nitrogens with one attached hydrogen (secondary N) is 1. The topological polar surface area (TPSA) is 64.1 Å². The number of aryl methyl sites for hydroxylation is 1. The van der Waals surface area contributed by atoms with Crippen LogP contribution in [0.3, 0.4) is 0 Å². The zero-order valence-electron chi connectivity index (χ0n) is 11.6. The van der Waals surface area contributed by atoms with Crippen LogP contribution in [0.5, 0.6) is 5.88 Å². The van der Waals surface area contributed by atoms with Gasteiger partial charge < -0.3 is 4.74 Å². The lowest BCUT2D eigenvalue weighted by Gasteiger charge is -2.07. The van der Waals surface area contributed by atoms with Crippen LogP contribution >= 0.6 is 15.9 Å². The molecular weight excluding hydrogens is 334 g/mol. The first-order valence-corrected chi connectivity index (χ1v) is 7.01. The quantitative estimate of drug-likeness (QED) is 0.862. The van der Waals surface area contributed by atoms with Crippen LogP contribution in [0, 0.1) is 6.92 Å². The Kier molecular flexibility index (Phi) is 5.05. The van der Waals surface area contributed by atoms with Crippen LogP contribution in [-0.4, -0.2) is 23.0 Å². The van der Waals surface area contributed by atoms with Crippen molar-refractivity contribution in [3.8, 4) is 5.88 Å². The first-order valence-electron chi connectivity index (χ1n) is 6.22. The van der Waals surface area contributed by atoms with Gasteiger partial charge in [0.2, 0.25) is 11.8 Å². The number of hydrogen-bond donors (Lipinski definition) is 1. The van der Waals surface area contributed by atoms with Crippen molar-refractivity contribution in [2.75, 3.05) is 12.4 Å². The van der Waals surface area contributed by atoms with Crippen molar-refractivity contribution >= 4 is 33.9 Å². The van der Waals surface area contributed by atoms with E-state index < -0.39 is 0 Å². The van der Waals surface area contributed by atoms with Crippen molar-refractivity contribution in [2.24, 2.45) is 0 Å². The molecule has 21 heavy (non-hydrogen) atoms. The predicted octanol–water partition coefficient (Wildman–Crippen LogP) is 3.21. The van der Waals surface area contributed by atoms with Crippen LogP contribution in [0.1, 0.15) is 11.3 Å².